The van der Waals surface area contributed by atoms with Gasteiger partial charge in [-0.3, -0.25) is 0 Å². The molecule has 0 bridgehead atoms. The molecule has 0 atom stereocenters. The first kappa shape index (κ1) is 17.0. The summed E-state index contributed by atoms with van der Waals surface area (Å²) >= 11 is 0. The maximum atomic E-state index is 6.01. The molecule has 2 aromatic carbocycles. The third-order valence-electron chi connectivity index (χ3n) is 4.35. The lowest BCUT2D eigenvalue weighted by molar-refractivity contribution is 0.266. The number of pyridine rings is 1. The van der Waals surface area contributed by atoms with Gasteiger partial charge in [-0.2, -0.15) is 0 Å². The predicted octanol–water partition coefficient (Wildman–Crippen LogP) is 4.60. The molecule has 0 saturated carbocycles. The lowest BCUT2D eigenvalue weighted by atomic mass is 10.1. The molecule has 0 N–H and O–H groups in total. The molecular weight excluding hydrogens is 340 g/mol. The Morgan fingerprint density at radius 1 is 0.889 bits per heavy atom. The minimum atomic E-state index is 0.432. The van der Waals surface area contributed by atoms with Crippen molar-refractivity contribution in [3.05, 3.63) is 78.6 Å². The molecule has 2 heterocycles. The molecule has 0 unspecified atom stereocenters. The van der Waals surface area contributed by atoms with Gasteiger partial charge in [-0.15, -0.1) is 0 Å². The maximum absolute atomic E-state index is 6.01. The van der Waals surface area contributed by atoms with E-state index in [4.69, 9.17) is 14.2 Å². The fourth-order valence-corrected chi connectivity index (χ4v) is 2.97. The molecule has 0 fully saturated rings. The van der Waals surface area contributed by atoms with Crippen molar-refractivity contribution in [1.82, 2.24) is 9.38 Å². The van der Waals surface area contributed by atoms with Crippen LogP contribution in [0.25, 0.3) is 16.9 Å². The van der Waals surface area contributed by atoms with Crippen LogP contribution in [0, 0.1) is 0 Å². The first-order valence-corrected chi connectivity index (χ1v) is 8.65. The molecular formula is C22H20N2O3. The Kier molecular flexibility index (Phi) is 4.66. The zero-order valence-corrected chi connectivity index (χ0v) is 15.3. The van der Waals surface area contributed by atoms with E-state index in [-0.39, 0.29) is 0 Å². The van der Waals surface area contributed by atoms with E-state index in [1.165, 1.54) is 0 Å². The lowest BCUT2D eigenvalue weighted by Gasteiger charge is -2.15. The van der Waals surface area contributed by atoms with E-state index in [0.717, 1.165) is 22.5 Å². The molecule has 4 aromatic rings. The summed E-state index contributed by atoms with van der Waals surface area (Å²) in [4.78, 5) is 4.67. The molecule has 0 amide bonds. The van der Waals surface area contributed by atoms with Crippen molar-refractivity contribution >= 4 is 5.65 Å². The summed E-state index contributed by atoms with van der Waals surface area (Å²) in [5.74, 6) is 1.80. The van der Waals surface area contributed by atoms with Gasteiger partial charge >= 0.3 is 0 Å². The van der Waals surface area contributed by atoms with E-state index in [1.807, 2.05) is 77.5 Å². The second kappa shape index (κ2) is 7.41. The van der Waals surface area contributed by atoms with Crippen LogP contribution in [0.15, 0.2) is 73.1 Å². The Labute approximate surface area is 157 Å². The fourth-order valence-electron chi connectivity index (χ4n) is 2.97. The molecule has 0 radical (unpaired) electrons. The van der Waals surface area contributed by atoms with Crippen LogP contribution in [-0.4, -0.2) is 23.6 Å². The van der Waals surface area contributed by atoms with Crippen LogP contribution in [-0.2, 0) is 6.61 Å². The average molecular weight is 360 g/mol. The highest BCUT2D eigenvalue weighted by Crippen LogP contribution is 2.41. The number of imidazole rings is 1. The number of benzene rings is 2. The van der Waals surface area contributed by atoms with Gasteiger partial charge in [0.15, 0.2) is 11.5 Å². The second-order valence-electron chi connectivity index (χ2n) is 6.08. The molecule has 0 aliphatic carbocycles. The van der Waals surface area contributed by atoms with E-state index in [9.17, 15) is 0 Å². The van der Waals surface area contributed by atoms with Crippen LogP contribution < -0.4 is 14.2 Å². The molecule has 0 aliphatic heterocycles. The largest absolute Gasteiger partial charge is 0.493 e. The quantitative estimate of drug-likeness (QED) is 0.504. The van der Waals surface area contributed by atoms with E-state index < -0.39 is 0 Å². The van der Waals surface area contributed by atoms with Gasteiger partial charge in [0, 0.05) is 18.0 Å². The van der Waals surface area contributed by atoms with Crippen LogP contribution >= 0.6 is 0 Å². The lowest BCUT2D eigenvalue weighted by Crippen LogP contribution is -2.00. The Hall–Kier alpha value is -3.47. The third kappa shape index (κ3) is 3.44. The third-order valence-corrected chi connectivity index (χ3v) is 4.35. The summed E-state index contributed by atoms with van der Waals surface area (Å²) in [7, 11) is 3.25. The summed E-state index contributed by atoms with van der Waals surface area (Å²) < 4.78 is 19.1. The van der Waals surface area contributed by atoms with Crippen LogP contribution in [0.5, 0.6) is 17.2 Å². The second-order valence-corrected chi connectivity index (χ2v) is 6.08. The standard InChI is InChI=1S/C22H20N2O3/c1-25-19-12-17(18-14-24-11-7-6-10-21(24)23-18)13-20(26-2)22(19)27-15-16-8-4-3-5-9-16/h3-14H,15H2,1-2H3. The van der Waals surface area contributed by atoms with Crippen molar-refractivity contribution < 1.29 is 14.2 Å². The van der Waals surface area contributed by atoms with Gasteiger partial charge in [0.1, 0.15) is 12.3 Å². The Balaban J connectivity index is 1.70. The Bertz CT molecular complexity index is 1000. The number of ether oxygens (including phenoxy) is 3. The van der Waals surface area contributed by atoms with Crippen molar-refractivity contribution in [1.29, 1.82) is 0 Å². The molecule has 2 aromatic heterocycles. The molecule has 0 saturated heterocycles. The highest BCUT2D eigenvalue weighted by atomic mass is 16.5. The van der Waals surface area contributed by atoms with Crippen molar-refractivity contribution in [2.45, 2.75) is 6.61 Å². The number of aromatic nitrogens is 2. The van der Waals surface area contributed by atoms with Crippen molar-refractivity contribution in [3.8, 4) is 28.5 Å². The number of hydrogen-bond donors (Lipinski definition) is 0. The number of methoxy groups -OCH3 is 2. The Morgan fingerprint density at radius 2 is 1.59 bits per heavy atom. The average Bonchev–Trinajstić information content (AvgIpc) is 3.16. The predicted molar refractivity (Wildman–Crippen MR) is 105 cm³/mol. The molecule has 5 heteroatoms. The summed E-state index contributed by atoms with van der Waals surface area (Å²) in [5.41, 5.74) is 3.70. The molecule has 5 nitrogen and oxygen atoms in total. The fraction of sp³-hybridized carbons (Fsp3) is 0.136. The van der Waals surface area contributed by atoms with Gasteiger partial charge in [0.05, 0.1) is 19.9 Å². The van der Waals surface area contributed by atoms with E-state index in [0.29, 0.717) is 23.9 Å². The van der Waals surface area contributed by atoms with Gasteiger partial charge in [-0.05, 0) is 29.8 Å². The molecule has 0 aliphatic rings. The van der Waals surface area contributed by atoms with Crippen molar-refractivity contribution in [3.63, 3.8) is 0 Å². The number of rotatable bonds is 6. The summed E-state index contributed by atoms with van der Waals surface area (Å²) in [6.07, 6.45) is 3.95. The Morgan fingerprint density at radius 3 is 2.26 bits per heavy atom. The zero-order chi connectivity index (χ0) is 18.6. The van der Waals surface area contributed by atoms with Crippen LogP contribution in [0.1, 0.15) is 5.56 Å². The van der Waals surface area contributed by atoms with Gasteiger partial charge in [0.2, 0.25) is 5.75 Å². The minimum absolute atomic E-state index is 0.432. The van der Waals surface area contributed by atoms with Gasteiger partial charge < -0.3 is 18.6 Å². The number of nitrogens with zero attached hydrogens (tertiary/aromatic N) is 2. The smallest absolute Gasteiger partial charge is 0.203 e. The highest BCUT2D eigenvalue weighted by Gasteiger charge is 2.16. The van der Waals surface area contributed by atoms with Gasteiger partial charge in [0.25, 0.3) is 0 Å². The summed E-state index contributed by atoms with van der Waals surface area (Å²) in [5, 5.41) is 0. The van der Waals surface area contributed by atoms with Gasteiger partial charge in [-0.1, -0.05) is 36.4 Å². The van der Waals surface area contributed by atoms with E-state index in [2.05, 4.69) is 4.98 Å². The van der Waals surface area contributed by atoms with Crippen LogP contribution in [0.3, 0.4) is 0 Å². The van der Waals surface area contributed by atoms with E-state index in [1.54, 1.807) is 14.2 Å². The van der Waals surface area contributed by atoms with Crippen molar-refractivity contribution in [2.24, 2.45) is 0 Å². The zero-order valence-electron chi connectivity index (χ0n) is 15.3. The topological polar surface area (TPSA) is 45.0 Å². The monoisotopic (exact) mass is 360 g/mol. The van der Waals surface area contributed by atoms with Crippen molar-refractivity contribution in [2.75, 3.05) is 14.2 Å². The molecule has 0 spiro atoms. The maximum Gasteiger partial charge on any atom is 0.203 e. The van der Waals surface area contributed by atoms with Crippen LogP contribution in [0.2, 0.25) is 0 Å². The number of hydrogen-bond acceptors (Lipinski definition) is 4. The molecule has 4 rings (SSSR count). The SMILES string of the molecule is COc1cc(-c2cn3ccccc3n2)cc(OC)c1OCc1ccccc1. The summed E-state index contributed by atoms with van der Waals surface area (Å²) in [6.45, 7) is 0.432. The van der Waals surface area contributed by atoms with Gasteiger partial charge in [-0.25, -0.2) is 4.98 Å². The molecule has 136 valence electrons. The first-order valence-electron chi connectivity index (χ1n) is 8.65. The number of fused-ring (bicyclic) bond motifs is 1. The molecule has 27 heavy (non-hydrogen) atoms. The normalized spacial score (nSPS) is 10.7. The highest BCUT2D eigenvalue weighted by molar-refractivity contribution is 5.70. The van der Waals surface area contributed by atoms with E-state index >= 15 is 0 Å². The first-order chi connectivity index (χ1) is 13.3. The minimum Gasteiger partial charge on any atom is -0.493 e. The summed E-state index contributed by atoms with van der Waals surface area (Å²) in [6, 6.07) is 19.7. The van der Waals surface area contributed by atoms with Crippen LogP contribution in [0.4, 0.5) is 0 Å².